The molecule has 1 aromatic heterocycles. The predicted molar refractivity (Wildman–Crippen MR) is 86.0 cm³/mol. The maximum absolute atomic E-state index is 12.3. The zero-order chi connectivity index (χ0) is 16.6. The van der Waals surface area contributed by atoms with Gasteiger partial charge < -0.3 is 15.0 Å². The lowest BCUT2D eigenvalue weighted by atomic mass is 9.99. The van der Waals surface area contributed by atoms with Crippen LogP contribution in [0.15, 0.2) is 18.2 Å². The minimum Gasteiger partial charge on any atom is -0.481 e. The number of carboxylic acid groups (broad SMARTS) is 1. The lowest BCUT2D eigenvalue weighted by Crippen LogP contribution is -2.30. The fraction of sp³-hybridized carbons (Fsp3) is 0.471. The second-order valence-corrected chi connectivity index (χ2v) is 6.38. The van der Waals surface area contributed by atoms with Crippen LogP contribution in [-0.2, 0) is 16.0 Å². The van der Waals surface area contributed by atoms with Crippen molar-refractivity contribution in [3.8, 4) is 0 Å². The SMILES string of the molecule is Cc1cccc2[nH]c(CCC(=O)N3C[C@@H](C)[C@H](C(=O)O)C3)nc12. The Kier molecular flexibility index (Phi) is 4.07. The first-order valence-electron chi connectivity index (χ1n) is 7.90. The van der Waals surface area contributed by atoms with Gasteiger partial charge in [0.05, 0.1) is 17.0 Å². The van der Waals surface area contributed by atoms with Crippen LogP contribution >= 0.6 is 0 Å². The van der Waals surface area contributed by atoms with E-state index in [9.17, 15) is 9.59 Å². The maximum atomic E-state index is 12.3. The zero-order valence-corrected chi connectivity index (χ0v) is 13.4. The summed E-state index contributed by atoms with van der Waals surface area (Å²) in [6, 6.07) is 5.96. The van der Waals surface area contributed by atoms with Gasteiger partial charge in [-0.2, -0.15) is 0 Å². The number of hydrogen-bond donors (Lipinski definition) is 2. The van der Waals surface area contributed by atoms with E-state index in [1.54, 1.807) is 4.90 Å². The van der Waals surface area contributed by atoms with E-state index in [4.69, 9.17) is 5.11 Å². The Morgan fingerprint density at radius 1 is 1.39 bits per heavy atom. The maximum Gasteiger partial charge on any atom is 0.308 e. The lowest BCUT2D eigenvalue weighted by Gasteiger charge is -2.15. The second kappa shape index (κ2) is 6.02. The Hall–Kier alpha value is -2.37. The van der Waals surface area contributed by atoms with Gasteiger partial charge in [0.15, 0.2) is 0 Å². The molecule has 0 saturated carbocycles. The number of aromatic nitrogens is 2. The van der Waals surface area contributed by atoms with Crippen molar-refractivity contribution in [1.82, 2.24) is 14.9 Å². The third kappa shape index (κ3) is 3.06. The summed E-state index contributed by atoms with van der Waals surface area (Å²) in [7, 11) is 0. The molecule has 1 saturated heterocycles. The first-order chi connectivity index (χ1) is 11.0. The largest absolute Gasteiger partial charge is 0.481 e. The number of nitrogens with zero attached hydrogens (tertiary/aromatic N) is 2. The summed E-state index contributed by atoms with van der Waals surface area (Å²) in [6.45, 7) is 4.73. The highest BCUT2D eigenvalue weighted by Crippen LogP contribution is 2.24. The first kappa shape index (κ1) is 15.5. The number of H-pyrrole nitrogens is 1. The molecule has 1 amide bonds. The first-order valence-corrected chi connectivity index (χ1v) is 7.90. The van der Waals surface area contributed by atoms with E-state index >= 15 is 0 Å². The Morgan fingerprint density at radius 3 is 2.83 bits per heavy atom. The van der Waals surface area contributed by atoms with Gasteiger partial charge in [0.2, 0.25) is 5.91 Å². The average molecular weight is 315 g/mol. The molecule has 3 rings (SSSR count). The summed E-state index contributed by atoms with van der Waals surface area (Å²) in [5, 5.41) is 9.14. The number of carboxylic acids is 1. The number of rotatable bonds is 4. The third-order valence-corrected chi connectivity index (χ3v) is 4.62. The topological polar surface area (TPSA) is 86.3 Å². The van der Waals surface area contributed by atoms with Crippen molar-refractivity contribution < 1.29 is 14.7 Å². The molecule has 0 spiro atoms. The quantitative estimate of drug-likeness (QED) is 0.903. The minimum atomic E-state index is -0.819. The van der Waals surface area contributed by atoms with Crippen LogP contribution < -0.4 is 0 Å². The molecule has 1 aliphatic heterocycles. The lowest BCUT2D eigenvalue weighted by molar-refractivity contribution is -0.142. The summed E-state index contributed by atoms with van der Waals surface area (Å²) in [4.78, 5) is 32.9. The predicted octanol–water partition coefficient (Wildman–Crippen LogP) is 1.98. The zero-order valence-electron chi connectivity index (χ0n) is 13.4. The number of imidazole rings is 1. The molecule has 1 aromatic carbocycles. The highest BCUT2D eigenvalue weighted by atomic mass is 16.4. The average Bonchev–Trinajstić information content (AvgIpc) is 3.09. The molecular weight excluding hydrogens is 294 g/mol. The molecule has 23 heavy (non-hydrogen) atoms. The molecule has 2 heterocycles. The molecular formula is C17H21N3O3. The number of fused-ring (bicyclic) bond motifs is 1. The van der Waals surface area contributed by atoms with Gasteiger partial charge in [-0.3, -0.25) is 9.59 Å². The summed E-state index contributed by atoms with van der Waals surface area (Å²) in [5.74, 6) is -0.471. The molecule has 0 unspecified atom stereocenters. The standard InChI is InChI=1S/C17H21N3O3/c1-10-4-3-5-13-16(10)19-14(18-13)6-7-15(21)20-8-11(2)12(9-20)17(22)23/h3-5,11-12H,6-9H2,1-2H3,(H,18,19)(H,22,23)/t11-,12-/m1/s1. The van der Waals surface area contributed by atoms with Gasteiger partial charge in [-0.1, -0.05) is 19.1 Å². The highest BCUT2D eigenvalue weighted by molar-refractivity contribution is 5.80. The number of para-hydroxylation sites is 1. The molecule has 2 aromatic rings. The van der Waals surface area contributed by atoms with Crippen LogP contribution in [0.5, 0.6) is 0 Å². The van der Waals surface area contributed by atoms with E-state index in [2.05, 4.69) is 9.97 Å². The molecule has 122 valence electrons. The van der Waals surface area contributed by atoms with E-state index in [-0.39, 0.29) is 11.8 Å². The number of nitrogens with one attached hydrogen (secondary N) is 1. The highest BCUT2D eigenvalue weighted by Gasteiger charge is 2.36. The Balaban J connectivity index is 1.62. The fourth-order valence-electron chi connectivity index (χ4n) is 3.22. The van der Waals surface area contributed by atoms with Crippen molar-refractivity contribution in [1.29, 1.82) is 0 Å². The molecule has 1 fully saturated rings. The molecule has 0 bridgehead atoms. The van der Waals surface area contributed by atoms with E-state index in [0.29, 0.717) is 25.9 Å². The summed E-state index contributed by atoms with van der Waals surface area (Å²) < 4.78 is 0. The minimum absolute atomic E-state index is 0.00206. The van der Waals surface area contributed by atoms with Crippen molar-refractivity contribution in [3.63, 3.8) is 0 Å². The third-order valence-electron chi connectivity index (χ3n) is 4.62. The Bertz CT molecular complexity index is 753. The van der Waals surface area contributed by atoms with Crippen LogP contribution in [0.2, 0.25) is 0 Å². The van der Waals surface area contributed by atoms with Crippen LogP contribution in [-0.4, -0.2) is 44.9 Å². The van der Waals surface area contributed by atoms with Gasteiger partial charge in [-0.15, -0.1) is 0 Å². The van der Waals surface area contributed by atoms with Crippen molar-refractivity contribution in [2.45, 2.75) is 26.7 Å². The van der Waals surface area contributed by atoms with Crippen molar-refractivity contribution >= 4 is 22.9 Å². The van der Waals surface area contributed by atoms with E-state index in [0.717, 1.165) is 22.4 Å². The van der Waals surface area contributed by atoms with E-state index < -0.39 is 11.9 Å². The van der Waals surface area contributed by atoms with Gasteiger partial charge in [-0.05, 0) is 24.5 Å². The van der Waals surface area contributed by atoms with Crippen molar-refractivity contribution in [3.05, 3.63) is 29.6 Å². The molecule has 0 aliphatic carbocycles. The smallest absolute Gasteiger partial charge is 0.308 e. The van der Waals surface area contributed by atoms with E-state index in [1.807, 2.05) is 32.0 Å². The van der Waals surface area contributed by atoms with Crippen LogP contribution in [0.1, 0.15) is 24.7 Å². The summed E-state index contributed by atoms with van der Waals surface area (Å²) in [5.41, 5.74) is 3.03. The molecule has 2 atom stereocenters. The summed E-state index contributed by atoms with van der Waals surface area (Å²) in [6.07, 6.45) is 0.882. The normalized spacial score (nSPS) is 21.0. The number of hydrogen-bond acceptors (Lipinski definition) is 3. The van der Waals surface area contributed by atoms with Crippen molar-refractivity contribution in [2.24, 2.45) is 11.8 Å². The van der Waals surface area contributed by atoms with Gasteiger partial charge in [0.1, 0.15) is 5.82 Å². The number of likely N-dealkylation sites (tertiary alicyclic amines) is 1. The Morgan fingerprint density at radius 2 is 2.17 bits per heavy atom. The van der Waals surface area contributed by atoms with Crippen LogP contribution in [0.3, 0.4) is 0 Å². The number of amides is 1. The van der Waals surface area contributed by atoms with Gasteiger partial charge in [0.25, 0.3) is 0 Å². The number of carbonyl (C=O) groups excluding carboxylic acids is 1. The fourth-order valence-corrected chi connectivity index (χ4v) is 3.22. The number of aliphatic carboxylic acids is 1. The molecule has 2 N–H and O–H groups in total. The van der Waals surface area contributed by atoms with Crippen molar-refractivity contribution in [2.75, 3.05) is 13.1 Å². The second-order valence-electron chi connectivity index (χ2n) is 6.38. The molecule has 1 aliphatic rings. The number of aryl methyl sites for hydroxylation is 2. The number of benzene rings is 1. The monoisotopic (exact) mass is 315 g/mol. The summed E-state index contributed by atoms with van der Waals surface area (Å²) >= 11 is 0. The number of aromatic amines is 1. The van der Waals surface area contributed by atoms with Gasteiger partial charge in [-0.25, -0.2) is 4.98 Å². The van der Waals surface area contributed by atoms with E-state index in [1.165, 1.54) is 0 Å². The molecule has 6 heteroatoms. The van der Waals surface area contributed by atoms with Crippen LogP contribution in [0, 0.1) is 18.8 Å². The van der Waals surface area contributed by atoms with Gasteiger partial charge in [0, 0.05) is 25.9 Å². The Labute approximate surface area is 134 Å². The molecule has 0 radical (unpaired) electrons. The number of carbonyl (C=O) groups is 2. The van der Waals surface area contributed by atoms with Crippen LogP contribution in [0.25, 0.3) is 11.0 Å². The van der Waals surface area contributed by atoms with Gasteiger partial charge >= 0.3 is 5.97 Å². The van der Waals surface area contributed by atoms with Crippen LogP contribution in [0.4, 0.5) is 0 Å². The molecule has 6 nitrogen and oxygen atoms in total.